The summed E-state index contributed by atoms with van der Waals surface area (Å²) in [4.78, 5) is 30.4. The number of ether oxygens (including phenoxy) is 1. The van der Waals surface area contributed by atoms with E-state index in [2.05, 4.69) is 88.2 Å². The third-order valence-electron chi connectivity index (χ3n) is 7.57. The average molecular weight is 557 g/mol. The molecule has 1 fully saturated rings. The van der Waals surface area contributed by atoms with E-state index in [4.69, 9.17) is 4.74 Å². The maximum atomic E-state index is 13.5. The Hall–Kier alpha value is -2.04. The Morgan fingerprint density at radius 2 is 1.87 bits per heavy atom. The Bertz CT molecular complexity index is 1140. The van der Waals surface area contributed by atoms with E-state index in [1.165, 1.54) is 10.8 Å². The van der Waals surface area contributed by atoms with Crippen LogP contribution in [0.25, 0.3) is 16.3 Å². The molecule has 2 heterocycles. The SMILES string of the molecule is COCNC(=O)C1=C(c2ccc3ccccc3c2)CC2CC[C@H]1N2CCCN(CCS)CC(=O)NCCS. The molecule has 2 aromatic carbocycles. The lowest BCUT2D eigenvalue weighted by atomic mass is 9.87. The zero-order valence-electron chi connectivity index (χ0n) is 22.2. The van der Waals surface area contributed by atoms with Crippen molar-refractivity contribution < 1.29 is 14.3 Å². The molecule has 7 nitrogen and oxygen atoms in total. The molecule has 2 N–H and O–H groups in total. The van der Waals surface area contributed by atoms with Gasteiger partial charge in [-0.25, -0.2) is 0 Å². The third-order valence-corrected chi connectivity index (χ3v) is 7.99. The molecular formula is C29H40N4O3S2. The second-order valence-corrected chi connectivity index (χ2v) is 10.9. The van der Waals surface area contributed by atoms with Gasteiger partial charge in [0, 0.05) is 55.9 Å². The molecule has 2 amide bonds. The van der Waals surface area contributed by atoms with Gasteiger partial charge in [0.1, 0.15) is 6.73 Å². The van der Waals surface area contributed by atoms with E-state index in [1.807, 2.05) is 0 Å². The molecule has 2 aliphatic rings. The van der Waals surface area contributed by atoms with E-state index in [0.717, 1.165) is 62.0 Å². The Labute approximate surface area is 237 Å². The number of rotatable bonds is 14. The zero-order valence-corrected chi connectivity index (χ0v) is 24.0. The van der Waals surface area contributed by atoms with E-state index in [-0.39, 0.29) is 24.6 Å². The van der Waals surface area contributed by atoms with E-state index in [0.29, 0.717) is 30.6 Å². The average Bonchev–Trinajstić information content (AvgIpc) is 3.20. The predicted molar refractivity (Wildman–Crippen MR) is 161 cm³/mol. The molecule has 4 rings (SSSR count). The molecule has 9 heteroatoms. The summed E-state index contributed by atoms with van der Waals surface area (Å²) in [7, 11) is 1.59. The van der Waals surface area contributed by atoms with Gasteiger partial charge in [0.2, 0.25) is 5.91 Å². The van der Waals surface area contributed by atoms with Crippen LogP contribution in [0, 0.1) is 0 Å². The quantitative estimate of drug-likeness (QED) is 0.213. The van der Waals surface area contributed by atoms with Gasteiger partial charge in [-0.1, -0.05) is 36.4 Å². The number of amides is 2. The Morgan fingerprint density at radius 1 is 1.05 bits per heavy atom. The number of carbonyl (C=O) groups excluding carboxylic acids is 2. The number of thiol groups is 2. The van der Waals surface area contributed by atoms with Crippen LogP contribution in [-0.2, 0) is 14.3 Å². The van der Waals surface area contributed by atoms with Gasteiger partial charge < -0.3 is 15.4 Å². The first-order chi connectivity index (χ1) is 18.5. The van der Waals surface area contributed by atoms with Crippen molar-refractivity contribution in [2.24, 2.45) is 0 Å². The minimum absolute atomic E-state index is 0.0268. The number of nitrogens with zero attached hydrogens (tertiary/aromatic N) is 2. The first-order valence-corrected chi connectivity index (χ1v) is 14.8. The number of nitrogens with one attached hydrogen (secondary N) is 2. The molecule has 0 aliphatic carbocycles. The van der Waals surface area contributed by atoms with Crippen LogP contribution in [0.3, 0.4) is 0 Å². The molecule has 2 aliphatic heterocycles. The first-order valence-electron chi connectivity index (χ1n) is 13.5. The van der Waals surface area contributed by atoms with Crippen LogP contribution in [-0.4, -0.2) is 91.8 Å². The fourth-order valence-electron chi connectivity index (χ4n) is 5.87. The third kappa shape index (κ3) is 7.12. The van der Waals surface area contributed by atoms with Crippen molar-refractivity contribution in [1.29, 1.82) is 0 Å². The van der Waals surface area contributed by atoms with Crippen molar-refractivity contribution in [1.82, 2.24) is 20.4 Å². The maximum Gasteiger partial charge on any atom is 0.250 e. The molecule has 0 saturated carbocycles. The number of benzene rings is 2. The van der Waals surface area contributed by atoms with Crippen molar-refractivity contribution in [3.05, 3.63) is 53.6 Å². The molecule has 38 heavy (non-hydrogen) atoms. The topological polar surface area (TPSA) is 73.9 Å². The van der Waals surface area contributed by atoms with Gasteiger partial charge in [-0.05, 0) is 60.2 Å². The highest BCUT2D eigenvalue weighted by Crippen LogP contribution is 2.43. The smallest absolute Gasteiger partial charge is 0.250 e. The molecule has 0 aromatic heterocycles. The van der Waals surface area contributed by atoms with Crippen LogP contribution in [0.4, 0.5) is 0 Å². The van der Waals surface area contributed by atoms with Crippen molar-refractivity contribution in [2.75, 3.05) is 58.1 Å². The van der Waals surface area contributed by atoms with E-state index >= 15 is 0 Å². The normalized spacial score (nSPS) is 19.4. The summed E-state index contributed by atoms with van der Waals surface area (Å²) in [5.41, 5.74) is 3.17. The minimum Gasteiger partial charge on any atom is -0.364 e. The maximum absolute atomic E-state index is 13.5. The Balaban J connectivity index is 1.51. The summed E-state index contributed by atoms with van der Waals surface area (Å²) in [5, 5.41) is 8.25. The van der Waals surface area contributed by atoms with Crippen LogP contribution in [0.1, 0.15) is 31.2 Å². The molecule has 1 saturated heterocycles. The number of hydrogen-bond donors (Lipinski definition) is 4. The van der Waals surface area contributed by atoms with Crippen LogP contribution in [0.5, 0.6) is 0 Å². The number of carbonyl (C=O) groups is 2. The summed E-state index contributed by atoms with van der Waals surface area (Å²) in [5.74, 6) is 1.32. The lowest BCUT2D eigenvalue weighted by Crippen LogP contribution is -2.46. The fraction of sp³-hybridized carbons (Fsp3) is 0.517. The van der Waals surface area contributed by atoms with Gasteiger partial charge in [-0.3, -0.25) is 19.4 Å². The van der Waals surface area contributed by atoms with Crippen LogP contribution < -0.4 is 10.6 Å². The molecule has 2 atom stereocenters. The lowest BCUT2D eigenvalue weighted by molar-refractivity contribution is -0.122. The van der Waals surface area contributed by atoms with Gasteiger partial charge >= 0.3 is 0 Å². The van der Waals surface area contributed by atoms with Crippen LogP contribution in [0.15, 0.2) is 48.0 Å². The predicted octanol–water partition coefficient (Wildman–Crippen LogP) is 3.22. The molecule has 0 spiro atoms. The van der Waals surface area contributed by atoms with Gasteiger partial charge in [0.25, 0.3) is 5.91 Å². The zero-order chi connectivity index (χ0) is 26.9. The number of hydrogen-bond acceptors (Lipinski definition) is 7. The highest BCUT2D eigenvalue weighted by atomic mass is 32.1. The summed E-state index contributed by atoms with van der Waals surface area (Å²) in [6, 6.07) is 15.4. The van der Waals surface area contributed by atoms with Crippen molar-refractivity contribution >= 4 is 53.4 Å². The fourth-order valence-corrected chi connectivity index (χ4v) is 6.26. The van der Waals surface area contributed by atoms with Crippen molar-refractivity contribution in [2.45, 2.75) is 37.8 Å². The molecule has 2 bridgehead atoms. The molecule has 2 aromatic rings. The van der Waals surface area contributed by atoms with E-state index < -0.39 is 0 Å². The lowest BCUT2D eigenvalue weighted by Gasteiger charge is -2.38. The largest absolute Gasteiger partial charge is 0.364 e. The monoisotopic (exact) mass is 556 g/mol. The van der Waals surface area contributed by atoms with Crippen molar-refractivity contribution in [3.63, 3.8) is 0 Å². The Kier molecular flexibility index (Phi) is 11.0. The summed E-state index contributed by atoms with van der Waals surface area (Å²) >= 11 is 8.55. The first kappa shape index (κ1) is 29.0. The Morgan fingerprint density at radius 3 is 2.63 bits per heavy atom. The number of fused-ring (bicyclic) bond motifs is 3. The molecule has 0 radical (unpaired) electrons. The molecule has 1 unspecified atom stereocenters. The summed E-state index contributed by atoms with van der Waals surface area (Å²) in [6.45, 7) is 3.61. The second kappa shape index (κ2) is 14.4. The molecular weight excluding hydrogens is 516 g/mol. The van der Waals surface area contributed by atoms with Crippen LogP contribution in [0.2, 0.25) is 0 Å². The second-order valence-electron chi connectivity index (χ2n) is 10.0. The van der Waals surface area contributed by atoms with Gasteiger partial charge in [0.15, 0.2) is 0 Å². The van der Waals surface area contributed by atoms with Gasteiger partial charge in [-0.2, -0.15) is 25.3 Å². The van der Waals surface area contributed by atoms with E-state index in [9.17, 15) is 9.59 Å². The van der Waals surface area contributed by atoms with Gasteiger partial charge in [0.05, 0.1) is 6.54 Å². The highest BCUT2D eigenvalue weighted by molar-refractivity contribution is 7.80. The summed E-state index contributed by atoms with van der Waals surface area (Å²) < 4.78 is 5.16. The van der Waals surface area contributed by atoms with Gasteiger partial charge in [-0.15, -0.1) is 0 Å². The van der Waals surface area contributed by atoms with Crippen LogP contribution >= 0.6 is 25.3 Å². The highest BCUT2D eigenvalue weighted by Gasteiger charge is 2.43. The van der Waals surface area contributed by atoms with Crippen molar-refractivity contribution in [3.8, 4) is 0 Å². The standard InChI is InChI=1S/C29H40N4O3S2/c1-36-20-31-29(35)28-25(23-8-7-21-5-2-3-6-22(21)17-23)18-24-9-10-26(28)33(24)13-4-12-32(14-16-38)19-27(34)30-11-15-37/h2-3,5-8,17,24,26,37-38H,4,9-16,18-20H2,1H3,(H,30,34)(H,31,35)/t24?,26-/m1/s1. The van der Waals surface area contributed by atoms with E-state index in [1.54, 1.807) is 7.11 Å². The summed E-state index contributed by atoms with van der Waals surface area (Å²) in [6.07, 6.45) is 3.84. The number of methoxy groups -OCH3 is 1. The molecule has 206 valence electrons. The minimum atomic E-state index is -0.0390.